The number of benzene rings is 1. The lowest BCUT2D eigenvalue weighted by molar-refractivity contribution is 0.0596. The Morgan fingerprint density at radius 2 is 1.88 bits per heavy atom. The van der Waals surface area contributed by atoms with Crippen LogP contribution >= 0.6 is 0 Å². The van der Waals surface area contributed by atoms with E-state index in [9.17, 15) is 9.59 Å². The molecule has 0 aromatic heterocycles. The van der Waals surface area contributed by atoms with Crippen molar-refractivity contribution in [1.82, 2.24) is 5.32 Å². The Balaban J connectivity index is 2.97. The molecule has 1 amide bonds. The molecule has 0 fully saturated rings. The van der Waals surface area contributed by atoms with Gasteiger partial charge in [0.05, 0.1) is 18.2 Å². The maximum atomic E-state index is 11.9. The van der Waals surface area contributed by atoms with Crippen LogP contribution in [0.3, 0.4) is 0 Å². The second-order valence-corrected chi connectivity index (χ2v) is 3.82. The van der Waals surface area contributed by atoms with Crippen LogP contribution < -0.4 is 5.32 Å². The van der Waals surface area contributed by atoms with Crippen molar-refractivity contribution >= 4 is 11.9 Å². The average molecular weight is 235 g/mol. The molecule has 1 N–H and O–H groups in total. The molecule has 4 heteroatoms. The molecule has 0 radical (unpaired) electrons. The molecule has 0 aliphatic carbocycles. The van der Waals surface area contributed by atoms with E-state index in [-0.39, 0.29) is 17.5 Å². The molecule has 17 heavy (non-hydrogen) atoms. The lowest BCUT2D eigenvalue weighted by Gasteiger charge is -2.13. The first-order chi connectivity index (χ1) is 8.10. The van der Waals surface area contributed by atoms with Gasteiger partial charge in [0.15, 0.2) is 0 Å². The minimum Gasteiger partial charge on any atom is -0.465 e. The van der Waals surface area contributed by atoms with E-state index in [1.54, 1.807) is 24.3 Å². The molecule has 0 saturated carbocycles. The first-order valence-electron chi connectivity index (χ1n) is 5.58. The van der Waals surface area contributed by atoms with Gasteiger partial charge in [0.25, 0.3) is 5.91 Å². The zero-order chi connectivity index (χ0) is 12.8. The molecule has 92 valence electrons. The molecule has 0 aliphatic rings. The fourth-order valence-corrected chi connectivity index (χ4v) is 1.37. The number of amides is 1. The number of carbonyl (C=O) groups excluding carboxylic acids is 2. The summed E-state index contributed by atoms with van der Waals surface area (Å²) < 4.78 is 4.64. The van der Waals surface area contributed by atoms with Crippen molar-refractivity contribution in [2.24, 2.45) is 0 Å². The van der Waals surface area contributed by atoms with Crippen molar-refractivity contribution in [3.05, 3.63) is 35.4 Å². The predicted molar refractivity (Wildman–Crippen MR) is 65.0 cm³/mol. The fraction of sp³-hybridized carbons (Fsp3) is 0.385. The second-order valence-electron chi connectivity index (χ2n) is 3.82. The van der Waals surface area contributed by atoms with Gasteiger partial charge in [-0.05, 0) is 25.5 Å². The van der Waals surface area contributed by atoms with E-state index in [0.29, 0.717) is 5.56 Å². The minimum atomic E-state index is -0.500. The molecule has 1 rings (SSSR count). The first-order valence-corrected chi connectivity index (χ1v) is 5.58. The summed E-state index contributed by atoms with van der Waals surface area (Å²) in [5.74, 6) is -0.750. The SMILES string of the molecule is CCC(C)NC(=O)c1ccccc1C(=O)OC. The molecule has 0 aliphatic heterocycles. The number of esters is 1. The number of nitrogens with one attached hydrogen (secondary N) is 1. The second kappa shape index (κ2) is 6.03. The summed E-state index contributed by atoms with van der Waals surface area (Å²) in [6, 6.07) is 6.69. The number of ether oxygens (including phenoxy) is 1. The molecule has 0 heterocycles. The van der Waals surface area contributed by atoms with E-state index in [4.69, 9.17) is 0 Å². The predicted octanol–water partition coefficient (Wildman–Crippen LogP) is 2.00. The summed E-state index contributed by atoms with van der Waals surface area (Å²) in [6.45, 7) is 3.90. The molecule has 1 aromatic carbocycles. The van der Waals surface area contributed by atoms with Gasteiger partial charge in [0, 0.05) is 6.04 Å². The standard InChI is InChI=1S/C13H17NO3/c1-4-9(2)14-12(15)10-7-5-6-8-11(10)13(16)17-3/h5-9H,4H2,1-3H3,(H,14,15). The minimum absolute atomic E-state index is 0.0770. The monoisotopic (exact) mass is 235 g/mol. The van der Waals surface area contributed by atoms with Crippen LogP contribution in [-0.2, 0) is 4.74 Å². The number of methoxy groups -OCH3 is 1. The summed E-state index contributed by atoms with van der Waals surface area (Å²) in [5.41, 5.74) is 0.635. The van der Waals surface area contributed by atoms with Crippen LogP contribution in [0.15, 0.2) is 24.3 Å². The number of hydrogen-bond acceptors (Lipinski definition) is 3. The number of carbonyl (C=O) groups is 2. The Labute approximate surface area is 101 Å². The van der Waals surface area contributed by atoms with Gasteiger partial charge in [-0.1, -0.05) is 19.1 Å². The number of hydrogen-bond donors (Lipinski definition) is 1. The molecular formula is C13H17NO3. The fourth-order valence-electron chi connectivity index (χ4n) is 1.37. The van der Waals surface area contributed by atoms with Gasteiger partial charge < -0.3 is 10.1 Å². The summed E-state index contributed by atoms with van der Waals surface area (Å²) in [6.07, 6.45) is 0.839. The first kappa shape index (κ1) is 13.2. The summed E-state index contributed by atoms with van der Waals surface area (Å²) in [4.78, 5) is 23.4. The van der Waals surface area contributed by atoms with Gasteiger partial charge >= 0.3 is 5.97 Å². The van der Waals surface area contributed by atoms with Crippen LogP contribution in [0.25, 0.3) is 0 Å². The normalized spacial score (nSPS) is 11.7. The highest BCUT2D eigenvalue weighted by Crippen LogP contribution is 2.10. The smallest absolute Gasteiger partial charge is 0.338 e. The van der Waals surface area contributed by atoms with Gasteiger partial charge in [0.2, 0.25) is 0 Å². The van der Waals surface area contributed by atoms with Gasteiger partial charge in [-0.15, -0.1) is 0 Å². The zero-order valence-corrected chi connectivity index (χ0v) is 10.3. The maximum absolute atomic E-state index is 11.9. The third kappa shape index (κ3) is 3.31. The van der Waals surface area contributed by atoms with Crippen LogP contribution in [0.4, 0.5) is 0 Å². The zero-order valence-electron chi connectivity index (χ0n) is 10.3. The Bertz CT molecular complexity index is 415. The van der Waals surface area contributed by atoms with E-state index < -0.39 is 5.97 Å². The van der Waals surface area contributed by atoms with E-state index in [1.165, 1.54) is 7.11 Å². The highest BCUT2D eigenvalue weighted by molar-refractivity contribution is 6.05. The molecule has 1 aromatic rings. The molecule has 4 nitrogen and oxygen atoms in total. The van der Waals surface area contributed by atoms with E-state index >= 15 is 0 Å². The van der Waals surface area contributed by atoms with Crippen LogP contribution in [0, 0.1) is 0 Å². The summed E-state index contributed by atoms with van der Waals surface area (Å²) in [5, 5.41) is 2.82. The van der Waals surface area contributed by atoms with Gasteiger partial charge in [-0.2, -0.15) is 0 Å². The Morgan fingerprint density at radius 1 is 1.29 bits per heavy atom. The molecule has 1 unspecified atom stereocenters. The third-order valence-electron chi connectivity index (χ3n) is 2.57. The van der Waals surface area contributed by atoms with E-state index in [0.717, 1.165) is 6.42 Å². The van der Waals surface area contributed by atoms with Crippen molar-refractivity contribution in [3.8, 4) is 0 Å². The lowest BCUT2D eigenvalue weighted by atomic mass is 10.1. The highest BCUT2D eigenvalue weighted by Gasteiger charge is 2.17. The van der Waals surface area contributed by atoms with E-state index in [1.807, 2.05) is 13.8 Å². The van der Waals surface area contributed by atoms with Crippen molar-refractivity contribution in [3.63, 3.8) is 0 Å². The quantitative estimate of drug-likeness (QED) is 0.812. The Morgan fingerprint density at radius 3 is 2.41 bits per heavy atom. The van der Waals surface area contributed by atoms with Gasteiger partial charge in [-0.3, -0.25) is 4.79 Å². The largest absolute Gasteiger partial charge is 0.465 e. The van der Waals surface area contributed by atoms with Crippen LogP contribution in [0.1, 0.15) is 41.0 Å². The molecule has 0 bridgehead atoms. The van der Waals surface area contributed by atoms with Crippen molar-refractivity contribution in [2.45, 2.75) is 26.3 Å². The van der Waals surface area contributed by atoms with Gasteiger partial charge in [-0.25, -0.2) is 4.79 Å². The third-order valence-corrected chi connectivity index (χ3v) is 2.57. The molecular weight excluding hydrogens is 218 g/mol. The van der Waals surface area contributed by atoms with Crippen LogP contribution in [-0.4, -0.2) is 25.0 Å². The lowest BCUT2D eigenvalue weighted by Crippen LogP contribution is -2.33. The van der Waals surface area contributed by atoms with Crippen LogP contribution in [0.5, 0.6) is 0 Å². The summed E-state index contributed by atoms with van der Waals surface area (Å²) in [7, 11) is 1.30. The Kier molecular flexibility index (Phi) is 4.69. The number of rotatable bonds is 4. The molecule has 0 spiro atoms. The van der Waals surface area contributed by atoms with Gasteiger partial charge in [0.1, 0.15) is 0 Å². The Hall–Kier alpha value is -1.84. The molecule has 0 saturated heterocycles. The average Bonchev–Trinajstić information content (AvgIpc) is 2.37. The van der Waals surface area contributed by atoms with Crippen LogP contribution in [0.2, 0.25) is 0 Å². The maximum Gasteiger partial charge on any atom is 0.338 e. The van der Waals surface area contributed by atoms with E-state index in [2.05, 4.69) is 10.1 Å². The van der Waals surface area contributed by atoms with Crippen molar-refractivity contribution < 1.29 is 14.3 Å². The topological polar surface area (TPSA) is 55.4 Å². The highest BCUT2D eigenvalue weighted by atomic mass is 16.5. The summed E-state index contributed by atoms with van der Waals surface area (Å²) >= 11 is 0. The van der Waals surface area contributed by atoms with Crippen molar-refractivity contribution in [1.29, 1.82) is 0 Å². The van der Waals surface area contributed by atoms with Crippen molar-refractivity contribution in [2.75, 3.05) is 7.11 Å². The molecule has 1 atom stereocenters.